The van der Waals surface area contributed by atoms with Gasteiger partial charge in [-0.25, -0.2) is 0 Å². The highest BCUT2D eigenvalue weighted by molar-refractivity contribution is 6.66. The second-order valence-electron chi connectivity index (χ2n) is 4.13. The van der Waals surface area contributed by atoms with Gasteiger partial charge in [-0.1, -0.05) is 41.9 Å². The number of hydrogen-bond acceptors (Lipinski definition) is 2. The molecule has 0 aliphatic heterocycles. The summed E-state index contributed by atoms with van der Waals surface area (Å²) in [5, 5.41) is 0.198. The average Bonchev–Trinajstić information content (AvgIpc) is 2.45. The van der Waals surface area contributed by atoms with Crippen molar-refractivity contribution in [2.75, 3.05) is 0 Å². The Morgan fingerprint density at radius 1 is 1.15 bits per heavy atom. The Labute approximate surface area is 127 Å². The van der Waals surface area contributed by atoms with Crippen molar-refractivity contribution in [1.29, 1.82) is 0 Å². The molecule has 0 atom stereocenters. The first-order valence-electron chi connectivity index (χ1n) is 5.98. The van der Waals surface area contributed by atoms with Crippen LogP contribution < -0.4 is 4.74 Å². The van der Waals surface area contributed by atoms with E-state index in [9.17, 15) is 4.79 Å². The van der Waals surface area contributed by atoms with E-state index in [-0.39, 0.29) is 0 Å². The summed E-state index contributed by atoms with van der Waals surface area (Å²) in [5.41, 5.74) is 1.89. The fourth-order valence-corrected chi connectivity index (χ4v) is 1.81. The Kier molecular flexibility index (Phi) is 5.22. The fraction of sp³-hybridized carbons (Fsp3) is 0.0625. The lowest BCUT2D eigenvalue weighted by Gasteiger charge is -2.07. The van der Waals surface area contributed by atoms with Crippen LogP contribution in [0.4, 0.5) is 0 Å². The maximum Gasteiger partial charge on any atom is 0.245 e. The van der Waals surface area contributed by atoms with Gasteiger partial charge in [0.15, 0.2) is 0 Å². The number of carbonyl (C=O) groups excluding carboxylic acids is 1. The first-order valence-corrected chi connectivity index (χ1v) is 6.74. The maximum atomic E-state index is 10.7. The largest absolute Gasteiger partial charge is 0.489 e. The molecule has 0 aliphatic carbocycles. The van der Waals surface area contributed by atoms with E-state index < -0.39 is 5.24 Å². The van der Waals surface area contributed by atoms with Crippen LogP contribution in [0.25, 0.3) is 6.08 Å². The number of ether oxygens (including phenoxy) is 1. The second-order valence-corrected chi connectivity index (χ2v) is 4.93. The molecule has 0 saturated carbocycles. The second kappa shape index (κ2) is 7.13. The van der Waals surface area contributed by atoms with Gasteiger partial charge in [-0.3, -0.25) is 4.79 Å². The quantitative estimate of drug-likeness (QED) is 0.591. The topological polar surface area (TPSA) is 26.3 Å². The molecule has 102 valence electrons. The lowest BCUT2D eigenvalue weighted by molar-refractivity contribution is -0.107. The molecule has 4 heteroatoms. The van der Waals surface area contributed by atoms with Crippen LogP contribution in [0.2, 0.25) is 5.02 Å². The van der Waals surface area contributed by atoms with Crippen LogP contribution in [0.1, 0.15) is 11.1 Å². The van der Waals surface area contributed by atoms with E-state index in [1.807, 2.05) is 48.5 Å². The predicted octanol–water partition coefficient (Wildman–Crippen LogP) is 4.70. The number of hydrogen-bond donors (Lipinski definition) is 0. The molecule has 0 aliphatic rings. The molecule has 2 rings (SSSR count). The summed E-state index contributed by atoms with van der Waals surface area (Å²) in [4.78, 5) is 10.7. The zero-order valence-electron chi connectivity index (χ0n) is 10.6. The summed E-state index contributed by atoms with van der Waals surface area (Å²) < 4.78 is 5.68. The third-order valence-electron chi connectivity index (χ3n) is 2.58. The molecule has 0 aromatic heterocycles. The van der Waals surface area contributed by atoms with Crippen molar-refractivity contribution in [3.8, 4) is 5.75 Å². The van der Waals surface area contributed by atoms with Crippen LogP contribution >= 0.6 is 23.2 Å². The van der Waals surface area contributed by atoms with E-state index in [1.54, 1.807) is 6.08 Å². The minimum Gasteiger partial charge on any atom is -0.489 e. The highest BCUT2D eigenvalue weighted by Crippen LogP contribution is 2.17. The average molecular weight is 307 g/mol. The lowest BCUT2D eigenvalue weighted by Crippen LogP contribution is -1.95. The van der Waals surface area contributed by atoms with Gasteiger partial charge in [-0.05, 0) is 53.1 Å². The van der Waals surface area contributed by atoms with Gasteiger partial charge in [0, 0.05) is 5.02 Å². The van der Waals surface area contributed by atoms with Crippen molar-refractivity contribution in [1.82, 2.24) is 0 Å². The Balaban J connectivity index is 2.01. The summed E-state index contributed by atoms with van der Waals surface area (Å²) in [6.07, 6.45) is 2.95. The smallest absolute Gasteiger partial charge is 0.245 e. The van der Waals surface area contributed by atoms with Crippen LogP contribution in [0.15, 0.2) is 54.6 Å². The summed E-state index contributed by atoms with van der Waals surface area (Å²) in [5.74, 6) is 0.726. The predicted molar refractivity (Wildman–Crippen MR) is 82.1 cm³/mol. The minimum atomic E-state index is -0.502. The maximum absolute atomic E-state index is 10.7. The number of allylic oxidation sites excluding steroid dienone is 1. The van der Waals surface area contributed by atoms with Gasteiger partial charge in [0.1, 0.15) is 12.4 Å². The summed E-state index contributed by atoms with van der Waals surface area (Å²) in [6.45, 7) is 0.457. The molecule has 0 bridgehead atoms. The van der Waals surface area contributed by atoms with Crippen molar-refractivity contribution in [2.45, 2.75) is 6.61 Å². The number of carbonyl (C=O) groups is 1. The Morgan fingerprint density at radius 2 is 1.90 bits per heavy atom. The molecule has 0 amide bonds. The molecule has 20 heavy (non-hydrogen) atoms. The van der Waals surface area contributed by atoms with Crippen molar-refractivity contribution in [3.05, 3.63) is 70.8 Å². The molecule has 0 fully saturated rings. The molecular weight excluding hydrogens is 295 g/mol. The van der Waals surface area contributed by atoms with Crippen molar-refractivity contribution in [3.63, 3.8) is 0 Å². The van der Waals surface area contributed by atoms with Crippen molar-refractivity contribution in [2.24, 2.45) is 0 Å². The molecule has 0 spiro atoms. The molecule has 0 N–H and O–H groups in total. The first-order chi connectivity index (χ1) is 9.63. The van der Waals surface area contributed by atoms with Crippen LogP contribution in [-0.4, -0.2) is 5.24 Å². The molecule has 0 heterocycles. The Bertz CT molecular complexity index is 619. The normalized spacial score (nSPS) is 10.7. The molecular formula is C16H12Cl2O2. The van der Waals surface area contributed by atoms with E-state index in [4.69, 9.17) is 27.9 Å². The van der Waals surface area contributed by atoms with E-state index in [1.165, 1.54) is 6.08 Å². The van der Waals surface area contributed by atoms with Gasteiger partial charge in [-0.2, -0.15) is 0 Å². The molecule has 0 unspecified atom stereocenters. The van der Waals surface area contributed by atoms with E-state index in [0.717, 1.165) is 16.9 Å². The number of halogens is 2. The standard InChI is InChI=1S/C16H12Cl2O2/c17-14-7-4-13(5-8-14)11-20-15-3-1-2-12(10-15)6-9-16(18)19/h1-10H,11H2. The van der Waals surface area contributed by atoms with E-state index >= 15 is 0 Å². The van der Waals surface area contributed by atoms with Gasteiger partial charge in [0.2, 0.25) is 5.24 Å². The lowest BCUT2D eigenvalue weighted by atomic mass is 10.2. The Morgan fingerprint density at radius 3 is 2.60 bits per heavy atom. The third kappa shape index (κ3) is 4.72. The monoisotopic (exact) mass is 306 g/mol. The Hall–Kier alpha value is -1.77. The summed E-state index contributed by atoms with van der Waals surface area (Å²) >= 11 is 11.1. The van der Waals surface area contributed by atoms with Gasteiger partial charge < -0.3 is 4.74 Å². The van der Waals surface area contributed by atoms with E-state index in [2.05, 4.69) is 0 Å². The van der Waals surface area contributed by atoms with Gasteiger partial charge in [0.25, 0.3) is 0 Å². The molecule has 2 aromatic rings. The van der Waals surface area contributed by atoms with E-state index in [0.29, 0.717) is 11.6 Å². The SMILES string of the molecule is O=C(Cl)C=Cc1cccc(OCc2ccc(Cl)cc2)c1. The molecule has 2 nitrogen and oxygen atoms in total. The molecule has 0 radical (unpaired) electrons. The summed E-state index contributed by atoms with van der Waals surface area (Å²) in [7, 11) is 0. The van der Waals surface area contributed by atoms with Crippen molar-refractivity contribution < 1.29 is 9.53 Å². The summed E-state index contributed by atoms with van der Waals surface area (Å²) in [6, 6.07) is 14.9. The first kappa shape index (κ1) is 14.6. The molecule has 2 aromatic carbocycles. The number of rotatable bonds is 5. The van der Waals surface area contributed by atoms with Gasteiger partial charge in [0.05, 0.1) is 0 Å². The number of benzene rings is 2. The highest BCUT2D eigenvalue weighted by atomic mass is 35.5. The van der Waals surface area contributed by atoms with Gasteiger partial charge >= 0.3 is 0 Å². The minimum absolute atomic E-state index is 0.457. The van der Waals surface area contributed by atoms with Crippen LogP contribution in [0.5, 0.6) is 5.75 Å². The zero-order chi connectivity index (χ0) is 14.4. The fourth-order valence-electron chi connectivity index (χ4n) is 1.62. The van der Waals surface area contributed by atoms with Crippen LogP contribution in [-0.2, 0) is 11.4 Å². The highest BCUT2D eigenvalue weighted by Gasteiger charge is 1.98. The third-order valence-corrected chi connectivity index (χ3v) is 2.96. The van der Waals surface area contributed by atoms with Gasteiger partial charge in [-0.15, -0.1) is 0 Å². The van der Waals surface area contributed by atoms with Crippen molar-refractivity contribution >= 4 is 34.5 Å². The molecule has 0 saturated heterocycles. The van der Waals surface area contributed by atoms with Crippen LogP contribution in [0.3, 0.4) is 0 Å². The van der Waals surface area contributed by atoms with Crippen LogP contribution in [0, 0.1) is 0 Å². The zero-order valence-corrected chi connectivity index (χ0v) is 12.1.